The fourth-order valence-electron chi connectivity index (χ4n) is 3.32. The lowest BCUT2D eigenvalue weighted by Crippen LogP contribution is -2.25. The minimum atomic E-state index is -0.0698. The van der Waals surface area contributed by atoms with Gasteiger partial charge in [-0.15, -0.1) is 11.3 Å². The van der Waals surface area contributed by atoms with E-state index in [-0.39, 0.29) is 24.5 Å². The molecular weight excluding hydrogens is 382 g/mol. The molecule has 5 nitrogen and oxygen atoms in total. The van der Waals surface area contributed by atoms with E-state index in [4.69, 9.17) is 0 Å². The fraction of sp³-hybridized carbons (Fsp3) is 0.348. The van der Waals surface area contributed by atoms with Crippen molar-refractivity contribution >= 4 is 23.0 Å². The normalized spacial score (nSPS) is 10.9. The SMILES string of the molecule is Cc1cc(C(=O)CCC(=O)NCCCc2cn(-c3ccccc3)nc2C)c(C)s1. The summed E-state index contributed by atoms with van der Waals surface area (Å²) >= 11 is 1.62. The Balaban J connectivity index is 1.40. The van der Waals surface area contributed by atoms with E-state index in [1.807, 2.05) is 61.9 Å². The first-order chi connectivity index (χ1) is 13.9. The number of carbonyl (C=O) groups excluding carboxylic acids is 2. The Kier molecular flexibility index (Phi) is 6.99. The van der Waals surface area contributed by atoms with Crippen LogP contribution in [0, 0.1) is 20.8 Å². The second-order valence-corrected chi connectivity index (χ2v) is 8.68. The third-order valence-electron chi connectivity index (χ3n) is 4.89. The lowest BCUT2D eigenvalue weighted by molar-refractivity contribution is -0.121. The van der Waals surface area contributed by atoms with E-state index in [1.54, 1.807) is 11.3 Å². The molecule has 0 saturated carbocycles. The smallest absolute Gasteiger partial charge is 0.220 e. The van der Waals surface area contributed by atoms with Gasteiger partial charge in [-0.05, 0) is 57.4 Å². The van der Waals surface area contributed by atoms with E-state index in [9.17, 15) is 9.59 Å². The van der Waals surface area contributed by atoms with Gasteiger partial charge in [0, 0.05) is 40.9 Å². The van der Waals surface area contributed by atoms with Gasteiger partial charge in [-0.1, -0.05) is 18.2 Å². The molecule has 0 bridgehead atoms. The molecule has 29 heavy (non-hydrogen) atoms. The van der Waals surface area contributed by atoms with Gasteiger partial charge in [0.1, 0.15) is 0 Å². The number of hydrogen-bond acceptors (Lipinski definition) is 4. The van der Waals surface area contributed by atoms with Crippen LogP contribution in [0.4, 0.5) is 0 Å². The predicted molar refractivity (Wildman–Crippen MR) is 117 cm³/mol. The maximum atomic E-state index is 12.3. The van der Waals surface area contributed by atoms with Crippen molar-refractivity contribution in [3.63, 3.8) is 0 Å². The summed E-state index contributed by atoms with van der Waals surface area (Å²) in [5, 5.41) is 7.50. The molecule has 6 heteroatoms. The van der Waals surface area contributed by atoms with Crippen LogP contribution < -0.4 is 5.32 Å². The molecule has 0 aliphatic heterocycles. The summed E-state index contributed by atoms with van der Waals surface area (Å²) in [6, 6.07) is 11.9. The maximum absolute atomic E-state index is 12.3. The molecule has 0 spiro atoms. The van der Waals surface area contributed by atoms with Crippen molar-refractivity contribution in [2.24, 2.45) is 0 Å². The Morgan fingerprint density at radius 2 is 1.86 bits per heavy atom. The predicted octanol–water partition coefficient (Wildman–Crippen LogP) is 4.57. The summed E-state index contributed by atoms with van der Waals surface area (Å²) in [6.07, 6.45) is 4.23. The summed E-state index contributed by atoms with van der Waals surface area (Å²) < 4.78 is 1.89. The number of ketones is 1. The van der Waals surface area contributed by atoms with Crippen LogP contribution in [0.15, 0.2) is 42.6 Å². The molecule has 0 atom stereocenters. The highest BCUT2D eigenvalue weighted by molar-refractivity contribution is 7.12. The standard InChI is InChI=1S/C23H27N3O2S/c1-16-14-21(18(3)29-16)22(27)11-12-23(28)24-13-7-8-19-15-26(25-17(19)2)20-9-5-4-6-10-20/h4-6,9-10,14-15H,7-8,11-13H2,1-3H3,(H,24,28). The van der Waals surface area contributed by atoms with Gasteiger partial charge in [0.2, 0.25) is 5.91 Å². The highest BCUT2D eigenvalue weighted by Gasteiger charge is 2.13. The van der Waals surface area contributed by atoms with Gasteiger partial charge in [-0.3, -0.25) is 9.59 Å². The van der Waals surface area contributed by atoms with Gasteiger partial charge >= 0.3 is 0 Å². The molecule has 0 fully saturated rings. The number of nitrogens with zero attached hydrogens (tertiary/aromatic N) is 2. The minimum absolute atomic E-state index is 0.0472. The molecule has 0 aliphatic carbocycles. The van der Waals surface area contributed by atoms with Gasteiger partial charge in [-0.2, -0.15) is 5.10 Å². The van der Waals surface area contributed by atoms with Gasteiger partial charge < -0.3 is 5.32 Å². The van der Waals surface area contributed by atoms with E-state index < -0.39 is 0 Å². The van der Waals surface area contributed by atoms with E-state index in [1.165, 1.54) is 5.56 Å². The number of benzene rings is 1. The quantitative estimate of drug-likeness (QED) is 0.416. The molecule has 1 aromatic carbocycles. The number of aryl methyl sites for hydroxylation is 4. The van der Waals surface area contributed by atoms with Crippen LogP contribution in [-0.2, 0) is 11.2 Å². The summed E-state index contributed by atoms with van der Waals surface area (Å²) in [5.41, 5.74) is 3.98. The van der Waals surface area contributed by atoms with E-state index in [0.29, 0.717) is 6.54 Å². The zero-order chi connectivity index (χ0) is 20.8. The number of aromatic nitrogens is 2. The Labute approximate surface area is 175 Å². The molecular formula is C23H27N3O2S. The molecule has 1 N–H and O–H groups in total. The number of nitrogens with one attached hydrogen (secondary N) is 1. The van der Waals surface area contributed by atoms with Crippen molar-refractivity contribution in [3.8, 4) is 5.69 Å². The summed E-state index contributed by atoms with van der Waals surface area (Å²) in [6.45, 7) is 6.55. The monoisotopic (exact) mass is 409 g/mol. The number of thiophene rings is 1. The number of para-hydroxylation sites is 1. The molecule has 2 aromatic heterocycles. The molecule has 152 valence electrons. The van der Waals surface area contributed by atoms with Crippen LogP contribution in [0.2, 0.25) is 0 Å². The Morgan fingerprint density at radius 1 is 1.10 bits per heavy atom. The van der Waals surface area contributed by atoms with Gasteiger partial charge in [0.15, 0.2) is 5.78 Å². The topological polar surface area (TPSA) is 64.0 Å². The number of amides is 1. The van der Waals surface area contributed by atoms with Crippen LogP contribution in [0.25, 0.3) is 5.69 Å². The molecule has 0 radical (unpaired) electrons. The first kappa shape index (κ1) is 21.0. The van der Waals surface area contributed by atoms with Crippen molar-refractivity contribution in [1.29, 1.82) is 0 Å². The average Bonchev–Trinajstić information content (AvgIpc) is 3.25. The first-order valence-corrected chi connectivity index (χ1v) is 10.7. The van der Waals surface area contributed by atoms with Crippen LogP contribution in [0.1, 0.15) is 50.6 Å². The van der Waals surface area contributed by atoms with Crippen molar-refractivity contribution in [2.45, 2.75) is 46.5 Å². The second-order valence-electron chi connectivity index (χ2n) is 7.22. The molecule has 3 rings (SSSR count). The second kappa shape index (κ2) is 9.65. The average molecular weight is 410 g/mol. The maximum Gasteiger partial charge on any atom is 0.220 e. The molecule has 0 unspecified atom stereocenters. The third-order valence-corrected chi connectivity index (χ3v) is 5.85. The number of carbonyl (C=O) groups is 2. The molecule has 1 amide bonds. The van der Waals surface area contributed by atoms with E-state index in [0.717, 1.165) is 39.5 Å². The van der Waals surface area contributed by atoms with Crippen LogP contribution >= 0.6 is 11.3 Å². The first-order valence-electron chi connectivity index (χ1n) is 9.91. The number of hydrogen-bond donors (Lipinski definition) is 1. The van der Waals surface area contributed by atoms with Crippen LogP contribution in [-0.4, -0.2) is 28.0 Å². The molecule has 3 aromatic rings. The summed E-state index contributed by atoms with van der Waals surface area (Å²) in [4.78, 5) is 26.5. The highest BCUT2D eigenvalue weighted by atomic mass is 32.1. The number of Topliss-reactive ketones (excluding diaryl/α,β-unsaturated/α-hetero) is 1. The summed E-state index contributed by atoms with van der Waals surface area (Å²) in [5.74, 6) is -0.0226. The lowest BCUT2D eigenvalue weighted by Gasteiger charge is -2.05. The zero-order valence-corrected chi connectivity index (χ0v) is 18.0. The Morgan fingerprint density at radius 3 is 2.55 bits per heavy atom. The summed E-state index contributed by atoms with van der Waals surface area (Å²) in [7, 11) is 0. The van der Waals surface area contributed by atoms with Crippen molar-refractivity contribution in [2.75, 3.05) is 6.54 Å². The molecule has 2 heterocycles. The van der Waals surface area contributed by atoms with E-state index >= 15 is 0 Å². The Bertz CT molecular complexity index is 989. The van der Waals surface area contributed by atoms with Crippen molar-refractivity contribution in [1.82, 2.24) is 15.1 Å². The van der Waals surface area contributed by atoms with E-state index in [2.05, 4.69) is 16.6 Å². The van der Waals surface area contributed by atoms with Crippen molar-refractivity contribution < 1.29 is 9.59 Å². The van der Waals surface area contributed by atoms with Gasteiger partial charge in [0.25, 0.3) is 0 Å². The highest BCUT2D eigenvalue weighted by Crippen LogP contribution is 2.22. The Hall–Kier alpha value is -2.73. The zero-order valence-electron chi connectivity index (χ0n) is 17.2. The van der Waals surface area contributed by atoms with Crippen molar-refractivity contribution in [3.05, 3.63) is 69.2 Å². The van der Waals surface area contributed by atoms with Gasteiger partial charge in [-0.25, -0.2) is 4.68 Å². The molecule has 0 aliphatic rings. The lowest BCUT2D eigenvalue weighted by atomic mass is 10.1. The van der Waals surface area contributed by atoms with Crippen LogP contribution in [0.3, 0.4) is 0 Å². The van der Waals surface area contributed by atoms with Crippen LogP contribution in [0.5, 0.6) is 0 Å². The number of rotatable bonds is 9. The minimum Gasteiger partial charge on any atom is -0.356 e. The largest absolute Gasteiger partial charge is 0.356 e. The fourth-order valence-corrected chi connectivity index (χ4v) is 4.26. The van der Waals surface area contributed by atoms with Gasteiger partial charge in [0.05, 0.1) is 11.4 Å². The third kappa shape index (κ3) is 5.64. The molecule has 0 saturated heterocycles.